The Morgan fingerprint density at radius 2 is 2.00 bits per heavy atom. The molecule has 6 heteroatoms. The van der Waals surface area contributed by atoms with Crippen molar-refractivity contribution in [2.45, 2.75) is 25.8 Å². The van der Waals surface area contributed by atoms with Crippen molar-refractivity contribution in [2.24, 2.45) is 0 Å². The Morgan fingerprint density at radius 3 is 2.67 bits per heavy atom. The number of para-hydroxylation sites is 1. The second kappa shape index (κ2) is 8.09. The normalized spacial score (nSPS) is 14.5. The summed E-state index contributed by atoms with van der Waals surface area (Å²) in [6.07, 6.45) is 1.61. The van der Waals surface area contributed by atoms with Crippen molar-refractivity contribution in [3.05, 3.63) is 58.9 Å². The number of nitrogens with zero attached hydrogens (tertiary/aromatic N) is 2. The number of anilines is 2. The maximum Gasteiger partial charge on any atom is 0.338 e. The van der Waals surface area contributed by atoms with Crippen molar-refractivity contribution in [1.29, 1.82) is 5.26 Å². The number of esters is 1. The van der Waals surface area contributed by atoms with Crippen molar-refractivity contribution in [1.82, 2.24) is 0 Å². The molecule has 1 aliphatic heterocycles. The van der Waals surface area contributed by atoms with Crippen LogP contribution >= 0.6 is 0 Å². The Kier molecular flexibility index (Phi) is 5.60. The number of halogens is 1. The molecule has 0 spiro atoms. The van der Waals surface area contributed by atoms with Crippen LogP contribution in [0.3, 0.4) is 0 Å². The van der Waals surface area contributed by atoms with Gasteiger partial charge >= 0.3 is 5.97 Å². The Labute approximate surface area is 158 Å². The summed E-state index contributed by atoms with van der Waals surface area (Å²) in [5.41, 5.74) is 2.83. The van der Waals surface area contributed by atoms with Gasteiger partial charge in [-0.2, -0.15) is 5.26 Å². The molecule has 1 N–H and O–H groups in total. The lowest BCUT2D eigenvalue weighted by molar-refractivity contribution is 0.0600. The number of nitrogens with one attached hydrogen (secondary N) is 1. The highest BCUT2D eigenvalue weighted by atomic mass is 19.1. The topological polar surface area (TPSA) is 65.4 Å². The molecule has 1 heterocycles. The van der Waals surface area contributed by atoms with Crippen LogP contribution in [0.1, 0.15) is 34.3 Å². The first-order valence-corrected chi connectivity index (χ1v) is 8.92. The molecule has 5 nitrogen and oxygen atoms in total. The van der Waals surface area contributed by atoms with E-state index in [1.54, 1.807) is 6.92 Å². The molecule has 3 rings (SSSR count). The molecular weight excluding hydrogens is 345 g/mol. The number of ether oxygens (including phenoxy) is 1. The zero-order valence-electron chi connectivity index (χ0n) is 15.5. The fourth-order valence-corrected chi connectivity index (χ4v) is 3.44. The number of rotatable bonds is 4. The lowest BCUT2D eigenvalue weighted by atomic mass is 10.0. The molecular formula is C21H22FN3O2. The maximum absolute atomic E-state index is 14.3. The van der Waals surface area contributed by atoms with Crippen LogP contribution in [-0.4, -0.2) is 32.2 Å². The number of benzene rings is 2. The van der Waals surface area contributed by atoms with E-state index in [1.165, 1.54) is 19.2 Å². The van der Waals surface area contributed by atoms with Gasteiger partial charge in [-0.25, -0.2) is 9.18 Å². The number of methoxy groups -OCH3 is 1. The molecule has 0 amide bonds. The summed E-state index contributed by atoms with van der Waals surface area (Å²) in [5, 5.41) is 12.5. The lowest BCUT2D eigenvalue weighted by Crippen LogP contribution is -2.39. The van der Waals surface area contributed by atoms with E-state index in [1.807, 2.05) is 24.3 Å². The predicted octanol–water partition coefficient (Wildman–Crippen LogP) is 3.87. The van der Waals surface area contributed by atoms with Crippen molar-refractivity contribution in [2.75, 3.05) is 30.4 Å². The van der Waals surface area contributed by atoms with E-state index in [0.717, 1.165) is 31.6 Å². The smallest absolute Gasteiger partial charge is 0.338 e. The number of carbonyl (C=O) groups excluding carboxylic acids is 1. The first kappa shape index (κ1) is 18.7. The second-order valence-corrected chi connectivity index (χ2v) is 6.67. The highest BCUT2D eigenvalue weighted by Crippen LogP contribution is 2.27. The van der Waals surface area contributed by atoms with Crippen molar-refractivity contribution >= 4 is 17.3 Å². The highest BCUT2D eigenvalue weighted by Gasteiger charge is 2.22. The van der Waals surface area contributed by atoms with Crippen LogP contribution in [0, 0.1) is 24.1 Å². The molecule has 0 unspecified atom stereocenters. The van der Waals surface area contributed by atoms with Gasteiger partial charge in [-0.05, 0) is 49.6 Å². The molecule has 0 radical (unpaired) electrons. The van der Waals surface area contributed by atoms with Crippen LogP contribution in [0.15, 0.2) is 36.4 Å². The molecule has 0 bridgehead atoms. The molecule has 0 aliphatic carbocycles. The van der Waals surface area contributed by atoms with E-state index in [-0.39, 0.29) is 11.9 Å². The van der Waals surface area contributed by atoms with E-state index < -0.39 is 5.97 Å². The summed E-state index contributed by atoms with van der Waals surface area (Å²) >= 11 is 0. The van der Waals surface area contributed by atoms with Gasteiger partial charge in [0.2, 0.25) is 0 Å². The average Bonchev–Trinajstić information content (AvgIpc) is 2.70. The van der Waals surface area contributed by atoms with Crippen LogP contribution in [-0.2, 0) is 4.74 Å². The summed E-state index contributed by atoms with van der Waals surface area (Å²) in [6.45, 7) is 3.23. The Balaban J connectivity index is 1.69. The first-order valence-electron chi connectivity index (χ1n) is 8.92. The minimum Gasteiger partial charge on any atom is -0.465 e. The number of nitriles is 1. The molecule has 27 heavy (non-hydrogen) atoms. The van der Waals surface area contributed by atoms with E-state index in [4.69, 9.17) is 4.74 Å². The second-order valence-electron chi connectivity index (χ2n) is 6.67. The van der Waals surface area contributed by atoms with Gasteiger partial charge in [0.25, 0.3) is 0 Å². The highest BCUT2D eigenvalue weighted by molar-refractivity contribution is 5.92. The predicted molar refractivity (Wildman–Crippen MR) is 102 cm³/mol. The van der Waals surface area contributed by atoms with Gasteiger partial charge in [0.05, 0.1) is 29.6 Å². The molecule has 2 aromatic carbocycles. The van der Waals surface area contributed by atoms with Gasteiger partial charge in [0.15, 0.2) is 0 Å². The van der Waals surface area contributed by atoms with E-state index in [9.17, 15) is 14.4 Å². The molecule has 0 aromatic heterocycles. The Morgan fingerprint density at radius 1 is 1.30 bits per heavy atom. The van der Waals surface area contributed by atoms with Gasteiger partial charge in [0.1, 0.15) is 11.9 Å². The molecule has 0 saturated carbocycles. The third-order valence-corrected chi connectivity index (χ3v) is 4.94. The molecule has 140 valence electrons. The van der Waals surface area contributed by atoms with Gasteiger partial charge in [0, 0.05) is 19.1 Å². The van der Waals surface area contributed by atoms with Crippen LogP contribution in [0.25, 0.3) is 0 Å². The van der Waals surface area contributed by atoms with Crippen LogP contribution in [0.4, 0.5) is 15.8 Å². The molecule has 0 atom stereocenters. The summed E-state index contributed by atoms with van der Waals surface area (Å²) in [5.74, 6) is -0.851. The summed E-state index contributed by atoms with van der Waals surface area (Å²) < 4.78 is 19.1. The van der Waals surface area contributed by atoms with Crippen molar-refractivity contribution in [3.63, 3.8) is 0 Å². The van der Waals surface area contributed by atoms with Gasteiger partial charge in [-0.1, -0.05) is 12.1 Å². The zero-order valence-corrected chi connectivity index (χ0v) is 15.5. The largest absolute Gasteiger partial charge is 0.465 e. The third kappa shape index (κ3) is 4.03. The fraction of sp³-hybridized carbons (Fsp3) is 0.333. The standard InChI is InChI=1S/C21H22FN3O2/c1-14-11-18(22)19(12-17(14)21(26)27-2)24-16-7-9-25(10-8-16)20-6-4-3-5-15(20)13-23/h3-6,11-12,16,24H,7-10H2,1-2H3. The fourth-order valence-electron chi connectivity index (χ4n) is 3.44. The quantitative estimate of drug-likeness (QED) is 0.831. The minimum absolute atomic E-state index is 0.0956. The van der Waals surface area contributed by atoms with Gasteiger partial charge in [-0.3, -0.25) is 0 Å². The molecule has 1 saturated heterocycles. The molecule has 1 aliphatic rings. The molecule has 1 fully saturated rings. The number of carbonyl (C=O) groups is 1. The number of piperidine rings is 1. The summed E-state index contributed by atoms with van der Waals surface area (Å²) in [7, 11) is 1.31. The van der Waals surface area contributed by atoms with Crippen LogP contribution in [0.5, 0.6) is 0 Å². The first-order chi connectivity index (χ1) is 13.0. The monoisotopic (exact) mass is 367 g/mol. The Bertz CT molecular complexity index is 883. The number of aryl methyl sites for hydroxylation is 1. The molecule has 2 aromatic rings. The maximum atomic E-state index is 14.3. The third-order valence-electron chi connectivity index (χ3n) is 4.94. The zero-order chi connectivity index (χ0) is 19.4. The lowest BCUT2D eigenvalue weighted by Gasteiger charge is -2.35. The van der Waals surface area contributed by atoms with Crippen molar-refractivity contribution < 1.29 is 13.9 Å². The minimum atomic E-state index is -0.474. The van der Waals surface area contributed by atoms with Gasteiger partial charge in [-0.15, -0.1) is 0 Å². The average molecular weight is 367 g/mol. The SMILES string of the molecule is COC(=O)c1cc(NC2CCN(c3ccccc3C#N)CC2)c(F)cc1C. The number of hydrogen-bond donors (Lipinski definition) is 1. The van der Waals surface area contributed by atoms with E-state index in [0.29, 0.717) is 22.4 Å². The van der Waals surface area contributed by atoms with E-state index >= 15 is 0 Å². The van der Waals surface area contributed by atoms with Crippen LogP contribution in [0.2, 0.25) is 0 Å². The summed E-state index contributed by atoms with van der Waals surface area (Å²) in [6, 6.07) is 12.8. The number of hydrogen-bond acceptors (Lipinski definition) is 5. The van der Waals surface area contributed by atoms with E-state index in [2.05, 4.69) is 16.3 Å². The summed E-state index contributed by atoms with van der Waals surface area (Å²) in [4.78, 5) is 14.0. The van der Waals surface area contributed by atoms with Gasteiger partial charge < -0.3 is 15.0 Å². The Hall–Kier alpha value is -3.07. The van der Waals surface area contributed by atoms with Crippen LogP contribution < -0.4 is 10.2 Å². The van der Waals surface area contributed by atoms with Crippen molar-refractivity contribution in [3.8, 4) is 6.07 Å².